The van der Waals surface area contributed by atoms with Crippen molar-refractivity contribution < 1.29 is 19.5 Å². The molecule has 0 saturated heterocycles. The van der Waals surface area contributed by atoms with Crippen LogP contribution in [-0.4, -0.2) is 54.1 Å². The van der Waals surface area contributed by atoms with Gasteiger partial charge in [0.2, 0.25) is 5.91 Å². The fourth-order valence-corrected chi connectivity index (χ4v) is 1.41. The first kappa shape index (κ1) is 18.2. The van der Waals surface area contributed by atoms with Gasteiger partial charge in [-0.3, -0.25) is 9.59 Å². The Morgan fingerprint density at radius 3 is 2.20 bits per heavy atom. The van der Waals surface area contributed by atoms with Crippen molar-refractivity contribution >= 4 is 17.9 Å². The summed E-state index contributed by atoms with van der Waals surface area (Å²) in [6, 6.07) is -0.430. The molecule has 0 aromatic heterocycles. The van der Waals surface area contributed by atoms with Gasteiger partial charge in [0.1, 0.15) is 0 Å². The Morgan fingerprint density at radius 1 is 1.15 bits per heavy atom. The third-order valence-corrected chi connectivity index (χ3v) is 2.69. The number of carboxylic acids is 1. The van der Waals surface area contributed by atoms with Crippen LogP contribution >= 0.6 is 0 Å². The monoisotopic (exact) mass is 287 g/mol. The summed E-state index contributed by atoms with van der Waals surface area (Å²) in [5.41, 5.74) is 0. The summed E-state index contributed by atoms with van der Waals surface area (Å²) >= 11 is 0. The maximum Gasteiger partial charge on any atom is 0.317 e. The Labute approximate surface area is 119 Å². The quantitative estimate of drug-likeness (QED) is 0.605. The molecule has 0 aliphatic carbocycles. The van der Waals surface area contributed by atoms with E-state index in [2.05, 4.69) is 10.6 Å². The van der Waals surface area contributed by atoms with E-state index in [0.29, 0.717) is 19.0 Å². The van der Waals surface area contributed by atoms with Crippen molar-refractivity contribution in [2.45, 2.75) is 27.7 Å². The number of amides is 3. The Morgan fingerprint density at radius 2 is 1.75 bits per heavy atom. The van der Waals surface area contributed by atoms with Crippen molar-refractivity contribution in [1.29, 1.82) is 0 Å². The highest BCUT2D eigenvalue weighted by Crippen LogP contribution is 2.00. The fourth-order valence-electron chi connectivity index (χ4n) is 1.41. The first-order valence-electron chi connectivity index (χ1n) is 6.80. The number of nitrogens with zero attached hydrogens (tertiary/aromatic N) is 1. The smallest absolute Gasteiger partial charge is 0.317 e. The summed E-state index contributed by atoms with van der Waals surface area (Å²) in [5.74, 6) is -1.51. The molecule has 1 atom stereocenters. The average molecular weight is 287 g/mol. The molecule has 0 saturated carbocycles. The number of carbonyl (C=O) groups excluding carboxylic acids is 2. The van der Waals surface area contributed by atoms with Crippen molar-refractivity contribution in [1.82, 2.24) is 15.5 Å². The second-order valence-corrected chi connectivity index (χ2v) is 5.13. The summed E-state index contributed by atoms with van der Waals surface area (Å²) in [4.78, 5) is 35.4. The van der Waals surface area contributed by atoms with Crippen LogP contribution in [0.1, 0.15) is 27.7 Å². The number of hydrogen-bond acceptors (Lipinski definition) is 3. The van der Waals surface area contributed by atoms with Crippen LogP contribution in [-0.2, 0) is 9.59 Å². The number of nitrogens with one attached hydrogen (secondary N) is 2. The molecule has 3 N–H and O–H groups in total. The highest BCUT2D eigenvalue weighted by molar-refractivity contribution is 5.84. The van der Waals surface area contributed by atoms with Crippen LogP contribution in [0.25, 0.3) is 0 Å². The van der Waals surface area contributed by atoms with Crippen LogP contribution in [0, 0.1) is 11.8 Å². The van der Waals surface area contributed by atoms with Crippen molar-refractivity contribution in [2.75, 3.05) is 26.2 Å². The minimum Gasteiger partial charge on any atom is -0.481 e. The van der Waals surface area contributed by atoms with Gasteiger partial charge in [-0.15, -0.1) is 0 Å². The standard InChI is InChI=1S/C13H25N3O4/c1-5-16(8-10(4)12(18)19)13(20)15-7-11(17)14-6-9(2)3/h9-10H,5-8H2,1-4H3,(H,14,17)(H,15,20)(H,18,19). The third-order valence-electron chi connectivity index (χ3n) is 2.69. The van der Waals surface area contributed by atoms with Crippen LogP contribution in [0.4, 0.5) is 4.79 Å². The number of carboxylic acid groups (broad SMARTS) is 1. The van der Waals surface area contributed by atoms with Gasteiger partial charge < -0.3 is 20.6 Å². The lowest BCUT2D eigenvalue weighted by molar-refractivity contribution is -0.141. The van der Waals surface area contributed by atoms with Gasteiger partial charge in [-0.25, -0.2) is 4.79 Å². The Kier molecular flexibility index (Phi) is 8.35. The SMILES string of the molecule is CCN(CC(C)C(=O)O)C(=O)NCC(=O)NCC(C)C. The number of carbonyl (C=O) groups is 3. The van der Waals surface area contributed by atoms with E-state index < -0.39 is 17.9 Å². The van der Waals surface area contributed by atoms with Crippen LogP contribution < -0.4 is 10.6 Å². The van der Waals surface area contributed by atoms with E-state index >= 15 is 0 Å². The Balaban J connectivity index is 4.16. The molecule has 0 aromatic carbocycles. The molecule has 0 radical (unpaired) electrons. The number of urea groups is 1. The Bertz CT molecular complexity index is 345. The van der Waals surface area contributed by atoms with E-state index in [9.17, 15) is 14.4 Å². The first-order chi connectivity index (χ1) is 9.27. The minimum absolute atomic E-state index is 0.108. The molecule has 0 bridgehead atoms. The van der Waals surface area contributed by atoms with Gasteiger partial charge in [0.25, 0.3) is 0 Å². The first-order valence-corrected chi connectivity index (χ1v) is 6.80. The van der Waals surface area contributed by atoms with Crippen LogP contribution in [0.2, 0.25) is 0 Å². The van der Waals surface area contributed by atoms with Crippen molar-refractivity contribution in [3.05, 3.63) is 0 Å². The predicted molar refractivity (Wildman–Crippen MR) is 75.3 cm³/mol. The maximum atomic E-state index is 11.8. The second-order valence-electron chi connectivity index (χ2n) is 5.13. The molecule has 20 heavy (non-hydrogen) atoms. The second kappa shape index (κ2) is 9.17. The predicted octanol–water partition coefficient (Wildman–Crippen LogP) is 0.511. The van der Waals surface area contributed by atoms with Gasteiger partial charge in [0.15, 0.2) is 0 Å². The molecular formula is C13H25N3O4. The van der Waals surface area contributed by atoms with Crippen molar-refractivity contribution in [2.24, 2.45) is 11.8 Å². The van der Waals surface area contributed by atoms with E-state index in [-0.39, 0.29) is 19.0 Å². The average Bonchev–Trinajstić information content (AvgIpc) is 2.39. The fraction of sp³-hybridized carbons (Fsp3) is 0.769. The zero-order valence-corrected chi connectivity index (χ0v) is 12.6. The van der Waals surface area contributed by atoms with Crippen molar-refractivity contribution in [3.8, 4) is 0 Å². The topological polar surface area (TPSA) is 98.7 Å². The van der Waals surface area contributed by atoms with Crippen molar-refractivity contribution in [3.63, 3.8) is 0 Å². The molecule has 1 unspecified atom stereocenters. The normalized spacial score (nSPS) is 11.8. The van der Waals surface area contributed by atoms with Gasteiger partial charge in [0, 0.05) is 19.6 Å². The largest absolute Gasteiger partial charge is 0.481 e. The van der Waals surface area contributed by atoms with Gasteiger partial charge >= 0.3 is 12.0 Å². The zero-order valence-electron chi connectivity index (χ0n) is 12.6. The highest BCUT2D eigenvalue weighted by atomic mass is 16.4. The molecular weight excluding hydrogens is 262 g/mol. The summed E-state index contributed by atoms with van der Waals surface area (Å²) in [7, 11) is 0. The zero-order chi connectivity index (χ0) is 15.7. The molecule has 0 heterocycles. The van der Waals surface area contributed by atoms with Gasteiger partial charge in [-0.2, -0.15) is 0 Å². The van der Waals surface area contributed by atoms with E-state index in [1.165, 1.54) is 11.8 Å². The molecule has 7 heteroatoms. The Hall–Kier alpha value is -1.79. The van der Waals surface area contributed by atoms with Crippen LogP contribution in [0.3, 0.4) is 0 Å². The minimum atomic E-state index is -0.953. The van der Waals surface area contributed by atoms with Gasteiger partial charge in [-0.1, -0.05) is 20.8 Å². The summed E-state index contributed by atoms with van der Waals surface area (Å²) in [5, 5.41) is 14.0. The number of aliphatic carboxylic acids is 1. The molecule has 0 aliphatic rings. The van der Waals surface area contributed by atoms with E-state index in [4.69, 9.17) is 5.11 Å². The van der Waals surface area contributed by atoms with Crippen LogP contribution in [0.5, 0.6) is 0 Å². The molecule has 0 spiro atoms. The lowest BCUT2D eigenvalue weighted by Gasteiger charge is -2.23. The van der Waals surface area contributed by atoms with E-state index in [1.807, 2.05) is 13.8 Å². The third kappa shape index (κ3) is 7.60. The maximum absolute atomic E-state index is 11.8. The number of hydrogen-bond donors (Lipinski definition) is 3. The molecule has 0 aliphatic heterocycles. The summed E-state index contributed by atoms with van der Waals surface area (Å²) < 4.78 is 0. The molecule has 116 valence electrons. The molecule has 0 fully saturated rings. The summed E-state index contributed by atoms with van der Waals surface area (Å²) in [6.07, 6.45) is 0. The molecule has 3 amide bonds. The summed E-state index contributed by atoms with van der Waals surface area (Å²) in [6.45, 7) is 8.20. The van der Waals surface area contributed by atoms with Gasteiger partial charge in [0.05, 0.1) is 12.5 Å². The molecule has 0 aromatic rings. The number of rotatable bonds is 8. The lowest BCUT2D eigenvalue weighted by Crippen LogP contribution is -2.46. The van der Waals surface area contributed by atoms with Crippen LogP contribution in [0.15, 0.2) is 0 Å². The van der Waals surface area contributed by atoms with E-state index in [1.54, 1.807) is 6.92 Å². The molecule has 0 rings (SSSR count). The van der Waals surface area contributed by atoms with Gasteiger partial charge in [-0.05, 0) is 12.8 Å². The molecule has 7 nitrogen and oxygen atoms in total. The lowest BCUT2D eigenvalue weighted by atomic mass is 10.2. The highest BCUT2D eigenvalue weighted by Gasteiger charge is 2.19. The van der Waals surface area contributed by atoms with E-state index in [0.717, 1.165) is 0 Å².